The van der Waals surface area contributed by atoms with E-state index in [-0.39, 0.29) is 11.2 Å². The molecular weight excluding hydrogens is 315 g/mol. The van der Waals surface area contributed by atoms with Gasteiger partial charge < -0.3 is 4.90 Å². The molecule has 2 aromatic heterocycles. The first-order valence-corrected chi connectivity index (χ1v) is 7.68. The SMILES string of the molecule is CC1(C)CN(c2ncnc3ccc(Cl)nc23)c2ccc(F)cc21. The van der Waals surface area contributed by atoms with Crippen LogP contribution in [0.3, 0.4) is 0 Å². The highest BCUT2D eigenvalue weighted by Crippen LogP contribution is 2.44. The van der Waals surface area contributed by atoms with Crippen molar-refractivity contribution in [2.24, 2.45) is 0 Å². The Balaban J connectivity index is 1.95. The summed E-state index contributed by atoms with van der Waals surface area (Å²) >= 11 is 6.04. The smallest absolute Gasteiger partial charge is 0.163 e. The maximum Gasteiger partial charge on any atom is 0.163 e. The normalized spacial score (nSPS) is 15.9. The number of halogens is 2. The third-order valence-corrected chi connectivity index (χ3v) is 4.43. The van der Waals surface area contributed by atoms with Crippen molar-refractivity contribution in [1.82, 2.24) is 15.0 Å². The van der Waals surface area contributed by atoms with E-state index in [0.717, 1.165) is 16.8 Å². The third-order valence-electron chi connectivity index (χ3n) is 4.22. The number of hydrogen-bond acceptors (Lipinski definition) is 4. The van der Waals surface area contributed by atoms with Crippen molar-refractivity contribution in [2.75, 3.05) is 11.4 Å². The highest BCUT2D eigenvalue weighted by molar-refractivity contribution is 6.29. The van der Waals surface area contributed by atoms with Crippen LogP contribution in [-0.4, -0.2) is 21.5 Å². The van der Waals surface area contributed by atoms with Gasteiger partial charge in [0.1, 0.15) is 22.8 Å². The molecule has 4 rings (SSSR count). The molecule has 4 nitrogen and oxygen atoms in total. The van der Waals surface area contributed by atoms with Gasteiger partial charge in [0.2, 0.25) is 0 Å². The lowest BCUT2D eigenvalue weighted by Gasteiger charge is -2.22. The van der Waals surface area contributed by atoms with Crippen molar-refractivity contribution >= 4 is 34.1 Å². The van der Waals surface area contributed by atoms with Crippen LogP contribution in [0.15, 0.2) is 36.7 Å². The van der Waals surface area contributed by atoms with E-state index in [4.69, 9.17) is 11.6 Å². The van der Waals surface area contributed by atoms with Gasteiger partial charge in [0, 0.05) is 17.6 Å². The predicted molar refractivity (Wildman–Crippen MR) is 88.8 cm³/mol. The summed E-state index contributed by atoms with van der Waals surface area (Å²) in [5.41, 5.74) is 3.10. The van der Waals surface area contributed by atoms with E-state index in [1.165, 1.54) is 12.4 Å². The molecule has 0 saturated carbocycles. The largest absolute Gasteiger partial charge is 0.323 e. The van der Waals surface area contributed by atoms with Crippen LogP contribution in [0.25, 0.3) is 11.0 Å². The Labute approximate surface area is 138 Å². The summed E-state index contributed by atoms with van der Waals surface area (Å²) in [6.07, 6.45) is 1.52. The Morgan fingerprint density at radius 3 is 2.83 bits per heavy atom. The molecule has 3 aromatic rings. The summed E-state index contributed by atoms with van der Waals surface area (Å²) in [6, 6.07) is 8.38. The van der Waals surface area contributed by atoms with Gasteiger partial charge in [-0.1, -0.05) is 25.4 Å². The van der Waals surface area contributed by atoms with Gasteiger partial charge in [-0.2, -0.15) is 0 Å². The molecule has 0 radical (unpaired) electrons. The highest BCUT2D eigenvalue weighted by atomic mass is 35.5. The van der Waals surface area contributed by atoms with E-state index in [9.17, 15) is 4.39 Å². The number of benzene rings is 1. The maximum absolute atomic E-state index is 13.7. The van der Waals surface area contributed by atoms with Crippen LogP contribution in [-0.2, 0) is 5.41 Å². The van der Waals surface area contributed by atoms with Crippen molar-refractivity contribution in [1.29, 1.82) is 0 Å². The molecule has 3 heterocycles. The van der Waals surface area contributed by atoms with Crippen molar-refractivity contribution in [3.05, 3.63) is 53.2 Å². The summed E-state index contributed by atoms with van der Waals surface area (Å²) in [6.45, 7) is 4.87. The van der Waals surface area contributed by atoms with E-state index in [1.54, 1.807) is 18.2 Å². The van der Waals surface area contributed by atoms with Crippen molar-refractivity contribution in [3.63, 3.8) is 0 Å². The third kappa shape index (κ3) is 2.23. The van der Waals surface area contributed by atoms with E-state index in [2.05, 4.69) is 33.7 Å². The summed E-state index contributed by atoms with van der Waals surface area (Å²) < 4.78 is 13.7. The Morgan fingerprint density at radius 1 is 1.17 bits per heavy atom. The van der Waals surface area contributed by atoms with Crippen molar-refractivity contribution in [2.45, 2.75) is 19.3 Å². The minimum atomic E-state index is -0.229. The summed E-state index contributed by atoms with van der Waals surface area (Å²) in [5.74, 6) is 0.461. The molecular formula is C17H14ClFN4. The molecule has 0 amide bonds. The number of fused-ring (bicyclic) bond motifs is 2. The predicted octanol–water partition coefficient (Wildman–Crippen LogP) is 4.25. The summed E-state index contributed by atoms with van der Waals surface area (Å²) in [7, 11) is 0. The average molecular weight is 329 g/mol. The molecule has 1 aromatic carbocycles. The number of aromatic nitrogens is 3. The number of nitrogens with zero attached hydrogens (tertiary/aromatic N) is 4. The van der Waals surface area contributed by atoms with Crippen molar-refractivity contribution in [3.8, 4) is 0 Å². The molecule has 0 spiro atoms. The van der Waals surface area contributed by atoms with Crippen LogP contribution in [0.5, 0.6) is 0 Å². The van der Waals surface area contributed by atoms with Gasteiger partial charge in [-0.15, -0.1) is 0 Å². The molecule has 0 unspecified atom stereocenters. The topological polar surface area (TPSA) is 41.9 Å². The van der Waals surface area contributed by atoms with Crippen LogP contribution in [0, 0.1) is 5.82 Å². The summed E-state index contributed by atoms with van der Waals surface area (Å²) in [5, 5.41) is 0.395. The molecule has 0 fully saturated rings. The fourth-order valence-electron chi connectivity index (χ4n) is 3.14. The van der Waals surface area contributed by atoms with Gasteiger partial charge in [0.15, 0.2) is 5.82 Å². The second kappa shape index (κ2) is 4.86. The minimum Gasteiger partial charge on any atom is -0.323 e. The van der Waals surface area contributed by atoms with Crippen LogP contribution >= 0.6 is 11.6 Å². The summed E-state index contributed by atoms with van der Waals surface area (Å²) in [4.78, 5) is 15.1. The monoisotopic (exact) mass is 328 g/mol. The average Bonchev–Trinajstić information content (AvgIpc) is 2.78. The zero-order valence-electron chi connectivity index (χ0n) is 12.7. The lowest BCUT2D eigenvalue weighted by atomic mass is 9.87. The molecule has 0 bridgehead atoms. The molecule has 0 N–H and O–H groups in total. The lowest BCUT2D eigenvalue weighted by Crippen LogP contribution is -2.25. The number of hydrogen-bond donors (Lipinski definition) is 0. The highest BCUT2D eigenvalue weighted by Gasteiger charge is 2.37. The van der Waals surface area contributed by atoms with Gasteiger partial charge in [-0.25, -0.2) is 19.3 Å². The zero-order valence-corrected chi connectivity index (χ0v) is 13.5. The molecule has 0 aliphatic carbocycles. The van der Waals surface area contributed by atoms with E-state index in [0.29, 0.717) is 23.0 Å². The Bertz CT molecular complexity index is 926. The lowest BCUT2D eigenvalue weighted by molar-refractivity contribution is 0.559. The number of anilines is 2. The van der Waals surface area contributed by atoms with Crippen LogP contribution in [0.1, 0.15) is 19.4 Å². The van der Waals surface area contributed by atoms with Gasteiger partial charge in [-0.3, -0.25) is 0 Å². The minimum absolute atomic E-state index is 0.187. The molecule has 116 valence electrons. The fourth-order valence-corrected chi connectivity index (χ4v) is 3.29. The van der Waals surface area contributed by atoms with Gasteiger partial charge in [0.25, 0.3) is 0 Å². The second-order valence-corrected chi connectivity index (χ2v) is 6.72. The molecule has 0 atom stereocenters. The van der Waals surface area contributed by atoms with E-state index in [1.807, 2.05) is 6.07 Å². The molecule has 6 heteroatoms. The Kier molecular flexibility index (Phi) is 3.03. The molecule has 23 heavy (non-hydrogen) atoms. The first-order valence-electron chi connectivity index (χ1n) is 7.30. The van der Waals surface area contributed by atoms with Crippen LogP contribution in [0.2, 0.25) is 5.15 Å². The zero-order chi connectivity index (χ0) is 16.2. The first-order chi connectivity index (χ1) is 11.0. The fraction of sp³-hybridized carbons (Fsp3) is 0.235. The number of rotatable bonds is 1. The van der Waals surface area contributed by atoms with Gasteiger partial charge >= 0.3 is 0 Å². The van der Waals surface area contributed by atoms with Crippen molar-refractivity contribution < 1.29 is 4.39 Å². The molecule has 1 aliphatic rings. The molecule has 0 saturated heterocycles. The van der Waals surface area contributed by atoms with E-state index < -0.39 is 0 Å². The molecule has 1 aliphatic heterocycles. The quantitative estimate of drug-likeness (QED) is 0.626. The van der Waals surface area contributed by atoms with Crippen LogP contribution in [0.4, 0.5) is 15.9 Å². The number of pyridine rings is 1. The van der Waals surface area contributed by atoms with Crippen LogP contribution < -0.4 is 4.90 Å². The maximum atomic E-state index is 13.7. The Morgan fingerprint density at radius 2 is 2.00 bits per heavy atom. The van der Waals surface area contributed by atoms with Gasteiger partial charge in [0.05, 0.1) is 5.52 Å². The second-order valence-electron chi connectivity index (χ2n) is 6.33. The first kappa shape index (κ1) is 14.3. The van der Waals surface area contributed by atoms with Gasteiger partial charge in [-0.05, 0) is 35.9 Å². The van der Waals surface area contributed by atoms with E-state index >= 15 is 0 Å². The standard InChI is InChI=1S/C17H14ClFN4/c1-17(2)8-23(13-5-3-10(19)7-11(13)17)16-15-12(20-9-21-16)4-6-14(18)22-15/h3-7,9H,8H2,1-2H3. The Hall–Kier alpha value is -2.27.